The van der Waals surface area contributed by atoms with Crippen LogP contribution < -0.4 is 14.8 Å². The Balaban J connectivity index is 0.00000256. The highest BCUT2D eigenvalue weighted by Crippen LogP contribution is 2.34. The van der Waals surface area contributed by atoms with E-state index < -0.39 is 36.1 Å². The molecule has 2 aromatic carbocycles. The van der Waals surface area contributed by atoms with E-state index in [4.69, 9.17) is 0 Å². The Labute approximate surface area is 191 Å². The van der Waals surface area contributed by atoms with Crippen LogP contribution in [-0.2, 0) is 0 Å². The van der Waals surface area contributed by atoms with Crippen molar-refractivity contribution < 1.29 is 40.2 Å². The van der Waals surface area contributed by atoms with Gasteiger partial charge in [0.1, 0.15) is 5.75 Å². The zero-order valence-corrected chi connectivity index (χ0v) is 17.8. The fraction of sp³-hybridized carbons (Fsp3) is 0.368. The molecule has 1 aliphatic rings. The second-order valence-corrected chi connectivity index (χ2v) is 6.54. The summed E-state index contributed by atoms with van der Waals surface area (Å²) in [7, 11) is 0. The summed E-state index contributed by atoms with van der Waals surface area (Å²) in [4.78, 5) is 1.95. The van der Waals surface area contributed by atoms with Crippen LogP contribution in [0.3, 0.4) is 0 Å². The van der Waals surface area contributed by atoms with Crippen LogP contribution in [0.1, 0.15) is 17.2 Å². The van der Waals surface area contributed by atoms with E-state index >= 15 is 0 Å². The molecule has 0 bridgehead atoms. The first kappa shape index (κ1) is 28.1. The van der Waals surface area contributed by atoms with Crippen molar-refractivity contribution >= 4 is 24.8 Å². The van der Waals surface area contributed by atoms with Gasteiger partial charge >= 0.3 is 12.7 Å². The number of halogens is 9. The molecule has 3 rings (SSSR count). The van der Waals surface area contributed by atoms with E-state index in [0.29, 0.717) is 37.3 Å². The second kappa shape index (κ2) is 11.3. The Hall–Kier alpha value is -1.95. The van der Waals surface area contributed by atoms with Crippen LogP contribution in [-0.4, -0.2) is 43.8 Å². The summed E-state index contributed by atoms with van der Waals surface area (Å²) < 4.78 is 96.1. The number of alkyl halides is 6. The van der Waals surface area contributed by atoms with Gasteiger partial charge in [-0.05, 0) is 35.4 Å². The number of nitrogens with zero attached hydrogens (tertiary/aromatic N) is 1. The lowest BCUT2D eigenvalue weighted by molar-refractivity contribution is -0.276. The van der Waals surface area contributed by atoms with Crippen LogP contribution in [0.4, 0.5) is 30.7 Å². The minimum atomic E-state index is -5.03. The highest BCUT2D eigenvalue weighted by Gasteiger charge is 2.33. The average molecular weight is 511 g/mol. The normalized spacial score (nSPS) is 15.8. The van der Waals surface area contributed by atoms with Crippen LogP contribution >= 0.6 is 24.8 Å². The molecule has 0 unspecified atom stereocenters. The van der Waals surface area contributed by atoms with E-state index in [1.165, 1.54) is 18.2 Å². The summed E-state index contributed by atoms with van der Waals surface area (Å²) >= 11 is 0. The van der Waals surface area contributed by atoms with Crippen molar-refractivity contribution in [3.05, 3.63) is 59.4 Å². The molecule has 1 N–H and O–H groups in total. The smallest absolute Gasteiger partial charge is 0.406 e. The van der Waals surface area contributed by atoms with Crippen molar-refractivity contribution in [2.24, 2.45) is 0 Å². The lowest BCUT2D eigenvalue weighted by Gasteiger charge is -2.35. The van der Waals surface area contributed by atoms with E-state index in [1.807, 2.05) is 4.90 Å². The van der Waals surface area contributed by atoms with Crippen molar-refractivity contribution in [2.45, 2.75) is 18.8 Å². The molecule has 1 atom stereocenters. The molecule has 4 nitrogen and oxygen atoms in total. The van der Waals surface area contributed by atoms with E-state index in [2.05, 4.69) is 14.8 Å². The Bertz CT molecular complexity index is 858. The van der Waals surface area contributed by atoms with Crippen LogP contribution in [0.5, 0.6) is 11.5 Å². The van der Waals surface area contributed by atoms with Gasteiger partial charge < -0.3 is 14.8 Å². The predicted octanol–water partition coefficient (Wildman–Crippen LogP) is 5.46. The van der Waals surface area contributed by atoms with Crippen LogP contribution in [0.15, 0.2) is 42.5 Å². The molecule has 0 saturated carbocycles. The minimum absolute atomic E-state index is 0. The molecular formula is C19H19Cl2F7N2O2. The van der Waals surface area contributed by atoms with Gasteiger partial charge in [-0.2, -0.15) is 0 Å². The van der Waals surface area contributed by atoms with Crippen molar-refractivity contribution in [2.75, 3.05) is 26.2 Å². The van der Waals surface area contributed by atoms with Crippen molar-refractivity contribution in [3.63, 3.8) is 0 Å². The first-order chi connectivity index (χ1) is 14.0. The molecule has 1 saturated heterocycles. The first-order valence-corrected chi connectivity index (χ1v) is 8.87. The molecule has 32 heavy (non-hydrogen) atoms. The molecule has 0 radical (unpaired) electrons. The number of piperazine rings is 1. The fourth-order valence-electron chi connectivity index (χ4n) is 3.30. The molecule has 2 aromatic rings. The van der Waals surface area contributed by atoms with E-state index in [9.17, 15) is 30.7 Å². The molecule has 13 heteroatoms. The van der Waals surface area contributed by atoms with E-state index in [0.717, 1.165) is 24.3 Å². The fourth-order valence-corrected chi connectivity index (χ4v) is 3.30. The van der Waals surface area contributed by atoms with Crippen molar-refractivity contribution in [1.29, 1.82) is 0 Å². The lowest BCUT2D eigenvalue weighted by atomic mass is 9.96. The molecule has 1 aliphatic heterocycles. The van der Waals surface area contributed by atoms with Gasteiger partial charge in [-0.15, -0.1) is 51.2 Å². The van der Waals surface area contributed by atoms with Gasteiger partial charge in [0.05, 0.1) is 6.04 Å². The van der Waals surface area contributed by atoms with Gasteiger partial charge in [-0.1, -0.05) is 18.2 Å². The van der Waals surface area contributed by atoms with Crippen molar-refractivity contribution in [1.82, 2.24) is 10.2 Å². The van der Waals surface area contributed by atoms with Gasteiger partial charge in [0.15, 0.2) is 11.6 Å². The quantitative estimate of drug-likeness (QED) is 0.541. The highest BCUT2D eigenvalue weighted by molar-refractivity contribution is 5.85. The third-order valence-electron chi connectivity index (χ3n) is 4.44. The van der Waals surface area contributed by atoms with Gasteiger partial charge in [0.2, 0.25) is 0 Å². The van der Waals surface area contributed by atoms with Gasteiger partial charge in [-0.3, -0.25) is 4.90 Å². The number of benzene rings is 2. The maximum absolute atomic E-state index is 14.3. The predicted molar refractivity (Wildman–Crippen MR) is 107 cm³/mol. The summed E-state index contributed by atoms with van der Waals surface area (Å²) in [6.45, 7) is 2.36. The number of hydrogen-bond acceptors (Lipinski definition) is 4. The largest absolute Gasteiger partial charge is 0.573 e. The molecule has 1 heterocycles. The van der Waals surface area contributed by atoms with E-state index in [1.54, 1.807) is 0 Å². The first-order valence-electron chi connectivity index (χ1n) is 8.87. The molecule has 0 aromatic heterocycles. The molecular weight excluding hydrogens is 492 g/mol. The number of nitrogens with one attached hydrogen (secondary N) is 1. The topological polar surface area (TPSA) is 33.7 Å². The Morgan fingerprint density at radius 1 is 0.781 bits per heavy atom. The zero-order chi connectivity index (χ0) is 21.9. The zero-order valence-electron chi connectivity index (χ0n) is 16.2. The maximum Gasteiger partial charge on any atom is 0.573 e. The minimum Gasteiger partial charge on any atom is -0.406 e. The summed E-state index contributed by atoms with van der Waals surface area (Å²) in [5, 5.41) is 3.15. The van der Waals surface area contributed by atoms with Crippen LogP contribution in [0, 0.1) is 5.82 Å². The maximum atomic E-state index is 14.3. The average Bonchev–Trinajstić information content (AvgIpc) is 2.64. The van der Waals surface area contributed by atoms with Crippen LogP contribution in [0.2, 0.25) is 0 Å². The third-order valence-corrected chi connectivity index (χ3v) is 4.44. The second-order valence-electron chi connectivity index (χ2n) is 6.54. The van der Waals surface area contributed by atoms with Gasteiger partial charge in [0, 0.05) is 26.2 Å². The number of hydrogen-bond donors (Lipinski definition) is 1. The molecule has 1 fully saturated rings. The number of ether oxygens (including phenoxy) is 2. The lowest BCUT2D eigenvalue weighted by Crippen LogP contribution is -2.45. The molecule has 0 amide bonds. The SMILES string of the molecule is Cl.Cl.Fc1cc([C@H](c2ccc(OC(F)(F)F)cc2)N2CCNCC2)ccc1OC(F)(F)F. The highest BCUT2D eigenvalue weighted by atomic mass is 35.5. The monoisotopic (exact) mass is 510 g/mol. The molecule has 180 valence electrons. The standard InChI is InChI=1S/C19H17F7N2O2.2ClH/c20-15-11-13(3-6-16(15)30-19(24,25)26)17(28-9-7-27-8-10-28)12-1-4-14(5-2-12)29-18(21,22)23;;/h1-6,11,17,27H,7-10H2;2*1H/t17-;;/m0../s1. The van der Waals surface area contributed by atoms with Gasteiger partial charge in [0.25, 0.3) is 0 Å². The number of rotatable bonds is 5. The van der Waals surface area contributed by atoms with E-state index in [-0.39, 0.29) is 24.8 Å². The Morgan fingerprint density at radius 2 is 1.31 bits per heavy atom. The third kappa shape index (κ3) is 7.88. The Kier molecular flexibility index (Phi) is 9.88. The van der Waals surface area contributed by atoms with Crippen LogP contribution in [0.25, 0.3) is 0 Å². The summed E-state index contributed by atoms with van der Waals surface area (Å²) in [6, 6.07) is 7.63. The Morgan fingerprint density at radius 3 is 1.81 bits per heavy atom. The summed E-state index contributed by atoms with van der Waals surface area (Å²) in [6.07, 6.45) is -9.87. The summed E-state index contributed by atoms with van der Waals surface area (Å²) in [5.74, 6) is -2.56. The summed E-state index contributed by atoms with van der Waals surface area (Å²) in [5.41, 5.74) is 0.878. The van der Waals surface area contributed by atoms with Gasteiger partial charge in [-0.25, -0.2) is 4.39 Å². The molecule has 0 aliphatic carbocycles. The molecule has 0 spiro atoms. The van der Waals surface area contributed by atoms with Crippen molar-refractivity contribution in [3.8, 4) is 11.5 Å².